The molecular weight excluding hydrogens is 274 g/mol. The van der Waals surface area contributed by atoms with Gasteiger partial charge in [0, 0.05) is 6.42 Å². The summed E-state index contributed by atoms with van der Waals surface area (Å²) < 4.78 is 0. The highest BCUT2D eigenvalue weighted by molar-refractivity contribution is 5.76. The van der Waals surface area contributed by atoms with Crippen molar-refractivity contribution in [1.82, 2.24) is 15.5 Å². The van der Waals surface area contributed by atoms with E-state index in [1.807, 2.05) is 18.2 Å². The van der Waals surface area contributed by atoms with Crippen molar-refractivity contribution in [2.24, 2.45) is 5.92 Å². The number of rotatable bonds is 7. The van der Waals surface area contributed by atoms with Gasteiger partial charge in [0.2, 0.25) is 5.91 Å². The van der Waals surface area contributed by atoms with Gasteiger partial charge >= 0.3 is 0 Å². The maximum Gasteiger partial charge on any atom is 0.220 e. The fraction of sp³-hybridized carbons (Fsp3) is 0.611. The zero-order chi connectivity index (χ0) is 15.8. The highest BCUT2D eigenvalue weighted by Gasteiger charge is 2.20. The molecule has 1 aliphatic rings. The van der Waals surface area contributed by atoms with Gasteiger partial charge in [0.15, 0.2) is 0 Å². The number of amides is 1. The number of piperidine rings is 1. The van der Waals surface area contributed by atoms with E-state index in [2.05, 4.69) is 41.8 Å². The van der Waals surface area contributed by atoms with Crippen LogP contribution in [0.3, 0.4) is 0 Å². The highest BCUT2D eigenvalue weighted by atomic mass is 16.1. The Morgan fingerprint density at radius 2 is 1.95 bits per heavy atom. The normalized spacial score (nSPS) is 17.4. The Balaban J connectivity index is 1.91. The van der Waals surface area contributed by atoms with Gasteiger partial charge in [-0.25, -0.2) is 0 Å². The molecule has 0 unspecified atom stereocenters. The minimum Gasteiger partial charge on any atom is -0.349 e. The van der Waals surface area contributed by atoms with Crippen molar-refractivity contribution in [2.75, 3.05) is 33.7 Å². The van der Waals surface area contributed by atoms with Crippen LogP contribution in [0.4, 0.5) is 0 Å². The van der Waals surface area contributed by atoms with Crippen LogP contribution in [-0.4, -0.2) is 44.5 Å². The monoisotopic (exact) mass is 303 g/mol. The highest BCUT2D eigenvalue weighted by Crippen LogP contribution is 2.20. The zero-order valence-corrected chi connectivity index (χ0v) is 13.8. The Morgan fingerprint density at radius 3 is 2.59 bits per heavy atom. The van der Waals surface area contributed by atoms with Crippen molar-refractivity contribution in [3.05, 3.63) is 35.9 Å². The molecule has 0 spiro atoms. The summed E-state index contributed by atoms with van der Waals surface area (Å²) in [5.74, 6) is 0.728. The first-order valence-corrected chi connectivity index (χ1v) is 8.35. The van der Waals surface area contributed by atoms with E-state index in [9.17, 15) is 4.79 Å². The summed E-state index contributed by atoms with van der Waals surface area (Å²) in [6.07, 6.45) is 3.82. The summed E-state index contributed by atoms with van der Waals surface area (Å²) in [7, 11) is 4.14. The topological polar surface area (TPSA) is 44.4 Å². The van der Waals surface area contributed by atoms with E-state index in [-0.39, 0.29) is 11.9 Å². The quantitative estimate of drug-likeness (QED) is 0.811. The summed E-state index contributed by atoms with van der Waals surface area (Å²) in [6.45, 7) is 3.05. The van der Waals surface area contributed by atoms with E-state index < -0.39 is 0 Å². The van der Waals surface area contributed by atoms with E-state index in [4.69, 9.17) is 0 Å². The first-order valence-electron chi connectivity index (χ1n) is 8.35. The van der Waals surface area contributed by atoms with Gasteiger partial charge in [-0.3, -0.25) is 4.79 Å². The Bertz CT molecular complexity index is 441. The van der Waals surface area contributed by atoms with Crippen molar-refractivity contribution < 1.29 is 4.79 Å². The standard InChI is InChI=1S/C18H29N3O/c1-21(2)13-10-17(16-6-4-3-5-7-16)20-18(22)14-15-8-11-19-12-9-15/h3-7,15,17,19H,8-14H2,1-2H3,(H,20,22)/t17-/m0/s1. The average Bonchev–Trinajstić information content (AvgIpc) is 2.53. The van der Waals surface area contributed by atoms with Gasteiger partial charge in [0.1, 0.15) is 0 Å². The van der Waals surface area contributed by atoms with Crippen molar-refractivity contribution in [1.29, 1.82) is 0 Å². The molecule has 1 amide bonds. The maximum atomic E-state index is 12.4. The third-order valence-electron chi connectivity index (χ3n) is 4.33. The Morgan fingerprint density at radius 1 is 1.27 bits per heavy atom. The minimum absolute atomic E-state index is 0.109. The predicted octanol–water partition coefficient (Wildman–Crippen LogP) is 2.19. The van der Waals surface area contributed by atoms with Crippen molar-refractivity contribution in [3.8, 4) is 0 Å². The molecule has 1 atom stereocenters. The number of carbonyl (C=O) groups excluding carboxylic acids is 1. The maximum absolute atomic E-state index is 12.4. The van der Waals surface area contributed by atoms with Gasteiger partial charge in [0.25, 0.3) is 0 Å². The van der Waals surface area contributed by atoms with Crippen molar-refractivity contribution in [3.63, 3.8) is 0 Å². The Kier molecular flexibility index (Phi) is 6.87. The average molecular weight is 303 g/mol. The molecule has 0 radical (unpaired) electrons. The number of nitrogens with one attached hydrogen (secondary N) is 2. The number of carbonyl (C=O) groups is 1. The molecule has 122 valence electrons. The van der Waals surface area contributed by atoms with Crippen LogP contribution in [0, 0.1) is 5.92 Å². The first kappa shape index (κ1) is 17.0. The smallest absolute Gasteiger partial charge is 0.220 e. The van der Waals surface area contributed by atoms with Gasteiger partial charge in [-0.1, -0.05) is 30.3 Å². The van der Waals surface area contributed by atoms with E-state index in [0.717, 1.165) is 38.9 Å². The summed E-state index contributed by atoms with van der Waals surface area (Å²) in [4.78, 5) is 14.6. The summed E-state index contributed by atoms with van der Waals surface area (Å²) in [5, 5.41) is 6.60. The molecule has 0 saturated carbocycles. The number of benzene rings is 1. The van der Waals surface area contributed by atoms with Crippen LogP contribution in [0.25, 0.3) is 0 Å². The lowest BCUT2D eigenvalue weighted by atomic mass is 9.94. The molecule has 0 bridgehead atoms. The van der Waals surface area contributed by atoms with Crippen LogP contribution in [0.5, 0.6) is 0 Å². The summed E-state index contributed by atoms with van der Waals surface area (Å²) in [6, 6.07) is 10.4. The third-order valence-corrected chi connectivity index (χ3v) is 4.33. The Labute approximate surface area is 134 Å². The summed E-state index contributed by atoms with van der Waals surface area (Å²) >= 11 is 0. The van der Waals surface area contributed by atoms with E-state index in [1.165, 1.54) is 5.56 Å². The first-order chi connectivity index (χ1) is 10.6. The van der Waals surface area contributed by atoms with E-state index in [1.54, 1.807) is 0 Å². The fourth-order valence-corrected chi connectivity index (χ4v) is 3.00. The Hall–Kier alpha value is -1.39. The molecule has 4 nitrogen and oxygen atoms in total. The molecule has 1 aromatic carbocycles. The second-order valence-corrected chi connectivity index (χ2v) is 6.52. The molecule has 0 aliphatic carbocycles. The van der Waals surface area contributed by atoms with Crippen molar-refractivity contribution in [2.45, 2.75) is 31.7 Å². The second kappa shape index (κ2) is 8.91. The van der Waals surface area contributed by atoms with Crippen LogP contribution >= 0.6 is 0 Å². The van der Waals surface area contributed by atoms with Gasteiger partial charge in [-0.2, -0.15) is 0 Å². The molecule has 1 fully saturated rings. The molecule has 1 aromatic rings. The third kappa shape index (κ3) is 5.78. The van der Waals surface area contributed by atoms with Gasteiger partial charge < -0.3 is 15.5 Å². The molecule has 22 heavy (non-hydrogen) atoms. The van der Waals surface area contributed by atoms with Crippen molar-refractivity contribution >= 4 is 5.91 Å². The van der Waals surface area contributed by atoms with Gasteiger partial charge in [0.05, 0.1) is 6.04 Å². The van der Waals surface area contributed by atoms with Crippen LogP contribution in [0.1, 0.15) is 37.3 Å². The van der Waals surface area contributed by atoms with E-state index in [0.29, 0.717) is 12.3 Å². The largest absolute Gasteiger partial charge is 0.349 e. The SMILES string of the molecule is CN(C)CC[C@H](NC(=O)CC1CCNCC1)c1ccccc1. The molecule has 1 saturated heterocycles. The number of hydrogen-bond acceptors (Lipinski definition) is 3. The lowest BCUT2D eigenvalue weighted by Crippen LogP contribution is -2.34. The minimum atomic E-state index is 0.109. The molecule has 4 heteroatoms. The number of nitrogens with zero attached hydrogens (tertiary/aromatic N) is 1. The lowest BCUT2D eigenvalue weighted by Gasteiger charge is -2.25. The van der Waals surface area contributed by atoms with Crippen LogP contribution in [0.15, 0.2) is 30.3 Å². The summed E-state index contributed by atoms with van der Waals surface area (Å²) in [5.41, 5.74) is 1.20. The number of hydrogen-bond donors (Lipinski definition) is 2. The van der Waals surface area contributed by atoms with Gasteiger partial charge in [-0.05, 0) is 64.5 Å². The molecule has 2 rings (SSSR count). The molecule has 2 N–H and O–H groups in total. The van der Waals surface area contributed by atoms with E-state index >= 15 is 0 Å². The van der Waals surface area contributed by atoms with Crippen LogP contribution in [-0.2, 0) is 4.79 Å². The van der Waals surface area contributed by atoms with Gasteiger partial charge in [-0.15, -0.1) is 0 Å². The van der Waals surface area contributed by atoms with Crippen LogP contribution < -0.4 is 10.6 Å². The zero-order valence-electron chi connectivity index (χ0n) is 13.8. The van der Waals surface area contributed by atoms with Crippen LogP contribution in [0.2, 0.25) is 0 Å². The molecule has 0 aromatic heterocycles. The second-order valence-electron chi connectivity index (χ2n) is 6.52. The fourth-order valence-electron chi connectivity index (χ4n) is 3.00. The lowest BCUT2D eigenvalue weighted by molar-refractivity contribution is -0.123. The molecule has 1 heterocycles. The predicted molar refractivity (Wildman–Crippen MR) is 90.7 cm³/mol. The molecular formula is C18H29N3O. The molecule has 1 aliphatic heterocycles.